The number of aliphatic hydroxyl groups excluding tert-OH is 1. The molecular formula is C18H35N3O4S10. The van der Waals surface area contributed by atoms with E-state index in [-0.39, 0.29) is 11.2 Å². The van der Waals surface area contributed by atoms with Gasteiger partial charge in [0, 0.05) is 75.0 Å². The monoisotopic (exact) mass is 677 g/mol. The molecule has 1 amide bonds. The zero-order valence-electron chi connectivity index (χ0n) is 19.7. The Balaban J connectivity index is 3.29. The third-order valence-corrected chi connectivity index (χ3v) is 15.0. The minimum Gasteiger partial charge on any atom is -0.386 e. The Morgan fingerprint density at radius 2 is 1.49 bits per heavy atom. The average Bonchev–Trinajstić information content (AvgIpc) is 2.84. The minimum atomic E-state index is -1.09. The number of nitrogens with zero attached hydrogens (tertiary/aromatic N) is 2. The van der Waals surface area contributed by atoms with E-state index in [2.05, 4.69) is 15.3 Å². The lowest BCUT2D eigenvalue weighted by molar-refractivity contribution is 0.261. The lowest BCUT2D eigenvalue weighted by Gasteiger charge is -2.05. The van der Waals surface area contributed by atoms with Crippen LogP contribution in [0.3, 0.4) is 0 Å². The predicted octanol–water partition coefficient (Wildman–Crippen LogP) is 4.48. The van der Waals surface area contributed by atoms with Gasteiger partial charge in [0.15, 0.2) is 0 Å². The maximum absolute atomic E-state index is 11.8. The number of rotatable bonds is 25. The van der Waals surface area contributed by atoms with Crippen LogP contribution in [0.4, 0.5) is 4.79 Å². The van der Waals surface area contributed by atoms with E-state index < -0.39 is 21.6 Å². The molecular weight excluding hydrogens is 643 g/mol. The van der Waals surface area contributed by atoms with E-state index in [4.69, 9.17) is 5.11 Å². The van der Waals surface area contributed by atoms with Crippen molar-refractivity contribution in [3.05, 3.63) is 0 Å². The summed E-state index contributed by atoms with van der Waals surface area (Å²) in [6.07, 6.45) is 0. The first kappa shape index (κ1) is 36.9. The molecule has 35 heavy (non-hydrogen) atoms. The summed E-state index contributed by atoms with van der Waals surface area (Å²) in [5.74, 6) is 5.12. The molecule has 7 nitrogen and oxygen atoms in total. The van der Waals surface area contributed by atoms with Crippen LogP contribution < -0.4 is 5.32 Å². The maximum atomic E-state index is 11.8. The molecule has 0 aromatic rings. The van der Waals surface area contributed by atoms with Crippen molar-refractivity contribution in [3.8, 4) is 0 Å². The average molecular weight is 678 g/mol. The lowest BCUT2D eigenvalue weighted by Crippen LogP contribution is -2.22. The zero-order valence-corrected chi connectivity index (χ0v) is 27.9. The fourth-order valence-corrected chi connectivity index (χ4v) is 11.9. The molecule has 0 heterocycles. The number of amides is 1. The number of hydrogen-bond acceptors (Lipinski definition) is 14. The summed E-state index contributed by atoms with van der Waals surface area (Å²) >= 11 is 13.6. The highest BCUT2D eigenvalue weighted by Gasteiger charge is 2.02. The number of carbonyl (C=O) groups is 1. The maximum Gasteiger partial charge on any atom is 0.279 e. The van der Waals surface area contributed by atoms with Gasteiger partial charge in [-0.3, -0.25) is 23.2 Å². The summed E-state index contributed by atoms with van der Waals surface area (Å²) in [7, 11) is -0.389. The first-order chi connectivity index (χ1) is 17.1. The van der Waals surface area contributed by atoms with E-state index >= 15 is 0 Å². The first-order valence-electron chi connectivity index (χ1n) is 10.3. The number of carbonyl (C=O) groups excluding carboxylic acids is 1. The molecule has 0 fully saturated rings. The first-order valence-corrected chi connectivity index (χ1v) is 22.2. The van der Waals surface area contributed by atoms with Gasteiger partial charge >= 0.3 is 0 Å². The van der Waals surface area contributed by atoms with Crippen molar-refractivity contribution in [2.75, 3.05) is 86.0 Å². The van der Waals surface area contributed by atoms with Crippen LogP contribution in [0, 0.1) is 0 Å². The largest absolute Gasteiger partial charge is 0.386 e. The van der Waals surface area contributed by atoms with Crippen LogP contribution in [0.25, 0.3) is 0 Å². The zero-order chi connectivity index (χ0) is 25.8. The van der Waals surface area contributed by atoms with Gasteiger partial charge in [-0.1, -0.05) is 11.8 Å². The molecule has 0 rings (SSSR count). The summed E-state index contributed by atoms with van der Waals surface area (Å²) in [6, 6.07) is 0. The van der Waals surface area contributed by atoms with Crippen molar-refractivity contribution in [2.45, 2.75) is 0 Å². The highest BCUT2D eigenvalue weighted by atomic mass is 32.2. The van der Waals surface area contributed by atoms with Crippen molar-refractivity contribution < 1.29 is 18.3 Å². The Hall–Kier alpha value is 1.87. The third kappa shape index (κ3) is 30.3. The Bertz CT molecular complexity index is 617. The van der Waals surface area contributed by atoms with Gasteiger partial charge in [0.05, 0.1) is 43.7 Å². The molecule has 2 atom stereocenters. The number of aliphatic hydroxyl groups is 1. The number of aliphatic imine (C=N–C) groups is 2. The number of hydrogen-bond donors (Lipinski definition) is 2. The summed E-state index contributed by atoms with van der Waals surface area (Å²) < 4.78 is 22.8. The smallest absolute Gasteiger partial charge is 0.279 e. The molecule has 0 saturated carbocycles. The van der Waals surface area contributed by atoms with Crippen molar-refractivity contribution in [2.24, 2.45) is 9.98 Å². The Morgan fingerprint density at radius 1 is 0.829 bits per heavy atom. The van der Waals surface area contributed by atoms with Gasteiger partial charge in [-0.25, -0.2) is 0 Å². The second-order valence-electron chi connectivity index (χ2n) is 5.87. The Labute approximate surface area is 249 Å². The highest BCUT2D eigenvalue weighted by molar-refractivity contribution is 8.23. The van der Waals surface area contributed by atoms with Gasteiger partial charge in [-0.05, 0) is 0 Å². The molecule has 0 aliphatic carbocycles. The van der Waals surface area contributed by atoms with Gasteiger partial charge in [0.25, 0.3) is 5.24 Å². The topological polar surface area (TPSA) is 108 Å². The van der Waals surface area contributed by atoms with E-state index in [1.807, 2.05) is 58.8 Å². The van der Waals surface area contributed by atoms with E-state index in [0.717, 1.165) is 49.1 Å². The van der Waals surface area contributed by atoms with Crippen LogP contribution in [0.5, 0.6) is 0 Å². The molecule has 0 aromatic carbocycles. The summed E-state index contributed by atoms with van der Waals surface area (Å²) in [4.78, 5) is 19.8. The van der Waals surface area contributed by atoms with E-state index in [1.54, 1.807) is 18.8 Å². The Morgan fingerprint density at radius 3 is 2.17 bits per heavy atom. The van der Waals surface area contributed by atoms with Gasteiger partial charge in [0.1, 0.15) is 0 Å². The minimum absolute atomic E-state index is 0.0149. The quantitative estimate of drug-likeness (QED) is 0.0616. The van der Waals surface area contributed by atoms with E-state index in [0.29, 0.717) is 23.9 Å². The van der Waals surface area contributed by atoms with Gasteiger partial charge < -0.3 is 10.4 Å². The van der Waals surface area contributed by atoms with Crippen molar-refractivity contribution in [1.82, 2.24) is 5.32 Å². The molecule has 0 spiro atoms. The normalized spacial score (nSPS) is 13.5. The standard InChI is InChI=1S/C18H35N3O4S10/c1-19-10-34(24)9-8-29-16-32-15-28-6-7-33-18(23)21-3-5-27-14-31-13-26-4-2-20-11-35(25)17-30-12-22/h10-11,22H,2-9,12-17H2,1H3,(H,21,23). The molecule has 17 heteroatoms. The number of nitrogens with one attached hydrogen (secondary N) is 1. The summed E-state index contributed by atoms with van der Waals surface area (Å²) in [6.45, 7) is 1.35. The van der Waals surface area contributed by atoms with E-state index in [9.17, 15) is 13.2 Å². The Kier molecular flexibility index (Phi) is 32.0. The molecule has 0 bridgehead atoms. The second kappa shape index (κ2) is 30.4. The fourth-order valence-electron chi connectivity index (χ4n) is 1.72. The van der Waals surface area contributed by atoms with Crippen LogP contribution in [-0.2, 0) is 21.6 Å². The van der Waals surface area contributed by atoms with Crippen molar-refractivity contribution in [1.29, 1.82) is 0 Å². The van der Waals surface area contributed by atoms with Crippen LogP contribution in [-0.4, -0.2) is 116 Å². The molecule has 0 aliphatic heterocycles. The van der Waals surface area contributed by atoms with Gasteiger partial charge in [-0.2, -0.15) is 23.5 Å². The highest BCUT2D eigenvalue weighted by Crippen LogP contribution is 2.19. The molecule has 0 radical (unpaired) electrons. The molecule has 2 N–H and O–H groups in total. The molecule has 0 aliphatic rings. The van der Waals surface area contributed by atoms with Crippen molar-refractivity contribution in [3.63, 3.8) is 0 Å². The summed E-state index contributed by atoms with van der Waals surface area (Å²) in [5.41, 5.74) is 2.96. The van der Waals surface area contributed by atoms with Crippen LogP contribution >= 0.6 is 94.1 Å². The van der Waals surface area contributed by atoms with Crippen LogP contribution in [0.15, 0.2) is 9.98 Å². The molecule has 206 valence electrons. The summed E-state index contributed by atoms with van der Waals surface area (Å²) in [5, 5.41) is 16.1. The fraction of sp³-hybridized carbons (Fsp3) is 0.833. The van der Waals surface area contributed by atoms with Gasteiger partial charge in [-0.15, -0.1) is 58.8 Å². The molecule has 2 unspecified atom stereocenters. The van der Waals surface area contributed by atoms with E-state index in [1.165, 1.54) is 34.6 Å². The lowest BCUT2D eigenvalue weighted by atomic mass is 10.8. The molecule has 0 aromatic heterocycles. The van der Waals surface area contributed by atoms with Crippen LogP contribution in [0.2, 0.25) is 0 Å². The predicted molar refractivity (Wildman–Crippen MR) is 179 cm³/mol. The van der Waals surface area contributed by atoms with Crippen molar-refractivity contribution >= 4 is 132 Å². The van der Waals surface area contributed by atoms with Crippen LogP contribution in [0.1, 0.15) is 0 Å². The third-order valence-electron chi connectivity index (χ3n) is 3.14. The second-order valence-corrected chi connectivity index (χ2v) is 18.8. The number of thioether (sulfide) groups is 8. The SMILES string of the molecule is CN=CS(=O)CCSCSCSCCSC(=O)NCCSCSCSCCN=CS(=O)CSCO. The van der Waals surface area contributed by atoms with Gasteiger partial charge in [0.2, 0.25) is 0 Å². The molecule has 0 saturated heterocycles.